The van der Waals surface area contributed by atoms with Crippen LogP contribution in [0.15, 0.2) is 134 Å². The number of aromatic nitrogens is 2. The molecule has 6 heteroatoms. The van der Waals surface area contributed by atoms with E-state index in [1.54, 1.807) is 0 Å². The Bertz CT molecular complexity index is 2800. The zero-order valence-corrected chi connectivity index (χ0v) is 43.5. The Hall–Kier alpha value is -6.66. The van der Waals surface area contributed by atoms with Crippen LogP contribution in [0.5, 0.6) is 0 Å². The number of hydrogen-bond donors (Lipinski definition) is 0. The summed E-state index contributed by atoms with van der Waals surface area (Å²) in [5.41, 5.74) is 19.2. The van der Waals surface area contributed by atoms with Gasteiger partial charge in [0, 0.05) is 71.7 Å². The Morgan fingerprint density at radius 3 is 0.914 bits per heavy atom. The van der Waals surface area contributed by atoms with Gasteiger partial charge in [0.05, 0.1) is 22.8 Å². The molecule has 0 spiro atoms. The Balaban J connectivity index is 1.04. The second-order valence-electron chi connectivity index (χ2n) is 23.8. The third-order valence-corrected chi connectivity index (χ3v) is 14.3. The van der Waals surface area contributed by atoms with E-state index in [1.807, 2.05) is 22.2 Å². The van der Waals surface area contributed by atoms with Crippen molar-refractivity contribution in [3.63, 3.8) is 0 Å². The van der Waals surface area contributed by atoms with Gasteiger partial charge in [0.1, 0.15) is 0 Å². The van der Waals surface area contributed by atoms with Gasteiger partial charge in [0.15, 0.2) is 0 Å². The topological polar surface area (TPSA) is 66.4 Å². The van der Waals surface area contributed by atoms with Crippen LogP contribution in [0.2, 0.25) is 0 Å². The largest absolute Gasteiger partial charge is 0.312 e. The lowest BCUT2D eigenvalue weighted by atomic mass is 9.79. The van der Waals surface area contributed by atoms with E-state index in [9.17, 15) is 9.59 Å². The number of nitrogens with zero attached hydrogens (tertiary/aromatic N) is 4. The van der Waals surface area contributed by atoms with Gasteiger partial charge in [-0.3, -0.25) is 19.6 Å². The monoisotopic (exact) mass is 927 g/mol. The summed E-state index contributed by atoms with van der Waals surface area (Å²) in [4.78, 5) is 41.0. The van der Waals surface area contributed by atoms with Crippen LogP contribution in [0, 0.1) is 0 Å². The fourth-order valence-corrected chi connectivity index (χ4v) is 9.72. The number of anilines is 2. The van der Waals surface area contributed by atoms with Crippen LogP contribution in [0.25, 0.3) is 67.0 Å². The predicted octanol–water partition coefficient (Wildman–Crippen LogP) is 15.9. The summed E-state index contributed by atoms with van der Waals surface area (Å²) in [6.45, 7) is 28.5. The Morgan fingerprint density at radius 2 is 0.657 bits per heavy atom. The van der Waals surface area contributed by atoms with Gasteiger partial charge < -0.3 is 9.80 Å². The standard InChI is InChI=1S/C64H70N4O2/c1-61(2,3)49-31-47(32-50(35-49)62(4,5)6)45-25-27-55(65-39-45)43-21-17-41(18-22-43)53-37-58(68-30-14-16-60(68)70)54(38-57(53)67-29-13-15-59(67)69)42-19-23-44(24-20-42)56-28-26-46(40-66-56)48-33-51(63(7,8)9)36-52(34-48)64(10,11)12/h17-28,31-40H,13-16,29-30H2,1-12H3. The molecule has 0 bridgehead atoms. The highest BCUT2D eigenvalue weighted by molar-refractivity contribution is 6.06. The zero-order valence-electron chi connectivity index (χ0n) is 43.5. The van der Waals surface area contributed by atoms with Gasteiger partial charge in [-0.05, 0) is 103 Å². The lowest BCUT2D eigenvalue weighted by Gasteiger charge is -2.27. The first-order valence-electron chi connectivity index (χ1n) is 25.3. The first-order chi connectivity index (χ1) is 33.0. The van der Waals surface area contributed by atoms with Gasteiger partial charge in [-0.2, -0.15) is 0 Å². The van der Waals surface area contributed by atoms with Crippen molar-refractivity contribution >= 4 is 23.2 Å². The summed E-state index contributed by atoms with van der Waals surface area (Å²) >= 11 is 0. The van der Waals surface area contributed by atoms with Crippen molar-refractivity contribution in [3.8, 4) is 67.0 Å². The summed E-state index contributed by atoms with van der Waals surface area (Å²) in [5.74, 6) is 0.232. The Kier molecular flexibility index (Phi) is 12.6. The van der Waals surface area contributed by atoms with E-state index >= 15 is 0 Å². The van der Waals surface area contributed by atoms with Crippen molar-refractivity contribution in [2.24, 2.45) is 0 Å². The predicted molar refractivity (Wildman–Crippen MR) is 293 cm³/mol. The molecule has 0 N–H and O–H groups in total. The molecule has 0 saturated carbocycles. The van der Waals surface area contributed by atoms with E-state index in [1.165, 1.54) is 33.4 Å². The van der Waals surface area contributed by atoms with Gasteiger partial charge in [-0.1, -0.05) is 180 Å². The second-order valence-corrected chi connectivity index (χ2v) is 23.8. The number of pyridine rings is 2. The van der Waals surface area contributed by atoms with E-state index in [-0.39, 0.29) is 33.5 Å². The third kappa shape index (κ3) is 10.0. The number of hydrogen-bond acceptors (Lipinski definition) is 4. The van der Waals surface area contributed by atoms with Crippen LogP contribution in [0.1, 0.15) is 131 Å². The molecule has 7 aromatic rings. The molecule has 2 amide bonds. The average molecular weight is 927 g/mol. The van der Waals surface area contributed by atoms with E-state index in [4.69, 9.17) is 9.97 Å². The SMILES string of the molecule is CC(C)(C)c1cc(-c2ccc(-c3ccc(-c4cc(N5CCCC5=O)c(-c5ccc(-c6ccc(-c7cc(C(C)(C)C)cc(C(C)(C)C)c7)cn6)cc5)cc4N4CCCC4=O)cc3)nc2)cc(C(C)(C)C)c1. The van der Waals surface area contributed by atoms with Crippen LogP contribution in [-0.2, 0) is 31.2 Å². The van der Waals surface area contributed by atoms with E-state index in [0.29, 0.717) is 25.9 Å². The highest BCUT2D eigenvalue weighted by atomic mass is 16.2. The Morgan fingerprint density at radius 1 is 0.357 bits per heavy atom. The van der Waals surface area contributed by atoms with Crippen LogP contribution in [0.3, 0.4) is 0 Å². The maximum Gasteiger partial charge on any atom is 0.227 e. The summed E-state index contributed by atoms with van der Waals surface area (Å²) in [5, 5.41) is 0. The maximum atomic E-state index is 13.6. The molecule has 5 aromatic carbocycles. The molecule has 2 aliphatic rings. The van der Waals surface area contributed by atoms with Gasteiger partial charge in [-0.15, -0.1) is 0 Å². The van der Waals surface area contributed by atoms with Crippen molar-refractivity contribution in [2.45, 2.75) is 130 Å². The molecule has 2 aromatic heterocycles. The molecule has 4 heterocycles. The maximum absolute atomic E-state index is 13.6. The molecule has 0 atom stereocenters. The molecular weight excluding hydrogens is 857 g/mol. The highest BCUT2D eigenvalue weighted by Crippen LogP contribution is 2.45. The average Bonchev–Trinajstić information content (AvgIpc) is 3.97. The molecule has 0 aliphatic carbocycles. The van der Waals surface area contributed by atoms with Crippen LogP contribution >= 0.6 is 0 Å². The van der Waals surface area contributed by atoms with Crippen LogP contribution in [-0.4, -0.2) is 34.9 Å². The van der Waals surface area contributed by atoms with E-state index in [0.717, 1.165) is 80.1 Å². The quantitative estimate of drug-likeness (QED) is 0.152. The van der Waals surface area contributed by atoms with Gasteiger partial charge in [0.2, 0.25) is 11.8 Å². The first kappa shape index (κ1) is 48.4. The van der Waals surface area contributed by atoms with Crippen molar-refractivity contribution < 1.29 is 9.59 Å². The summed E-state index contributed by atoms with van der Waals surface area (Å²) < 4.78 is 0. The number of carbonyl (C=O) groups is 2. The van der Waals surface area contributed by atoms with Gasteiger partial charge in [-0.25, -0.2) is 0 Å². The molecule has 2 aliphatic heterocycles. The van der Waals surface area contributed by atoms with Crippen molar-refractivity contribution in [1.29, 1.82) is 0 Å². The minimum Gasteiger partial charge on any atom is -0.312 e. The summed E-state index contributed by atoms with van der Waals surface area (Å²) in [6, 6.07) is 43.7. The fraction of sp³-hybridized carbons (Fsp3) is 0.344. The third-order valence-electron chi connectivity index (χ3n) is 14.3. The molecule has 0 unspecified atom stereocenters. The molecule has 70 heavy (non-hydrogen) atoms. The normalized spacial score (nSPS) is 14.8. The molecule has 0 radical (unpaired) electrons. The molecule has 9 rings (SSSR count). The first-order valence-corrected chi connectivity index (χ1v) is 25.3. The molecule has 358 valence electrons. The molecule has 2 saturated heterocycles. The Labute approximate surface area is 417 Å². The van der Waals surface area contributed by atoms with Crippen LogP contribution in [0.4, 0.5) is 11.4 Å². The van der Waals surface area contributed by atoms with Crippen molar-refractivity contribution in [1.82, 2.24) is 9.97 Å². The zero-order chi connectivity index (χ0) is 49.9. The smallest absolute Gasteiger partial charge is 0.227 e. The number of amides is 2. The number of benzene rings is 5. The van der Waals surface area contributed by atoms with Crippen molar-refractivity contribution in [3.05, 3.63) is 156 Å². The van der Waals surface area contributed by atoms with E-state index < -0.39 is 0 Å². The lowest BCUT2D eigenvalue weighted by Crippen LogP contribution is -2.27. The second kappa shape index (κ2) is 18.3. The minimum absolute atomic E-state index is 0.0222. The van der Waals surface area contributed by atoms with Crippen LogP contribution < -0.4 is 9.80 Å². The number of carbonyl (C=O) groups excluding carboxylic acids is 2. The summed E-state index contributed by atoms with van der Waals surface area (Å²) in [7, 11) is 0. The van der Waals surface area contributed by atoms with E-state index in [2.05, 4.69) is 204 Å². The van der Waals surface area contributed by atoms with Gasteiger partial charge in [0.25, 0.3) is 0 Å². The summed E-state index contributed by atoms with van der Waals surface area (Å²) in [6.07, 6.45) is 6.61. The molecule has 6 nitrogen and oxygen atoms in total. The fourth-order valence-electron chi connectivity index (χ4n) is 9.72. The number of rotatable bonds is 8. The molecular formula is C64H70N4O2. The highest BCUT2D eigenvalue weighted by Gasteiger charge is 2.31. The lowest BCUT2D eigenvalue weighted by molar-refractivity contribution is -0.117. The minimum atomic E-state index is 0.0222. The van der Waals surface area contributed by atoms with Crippen molar-refractivity contribution in [2.75, 3.05) is 22.9 Å². The molecule has 2 fully saturated rings. The van der Waals surface area contributed by atoms with Gasteiger partial charge >= 0.3 is 0 Å².